The lowest BCUT2D eigenvalue weighted by atomic mass is 10.1. The third-order valence-electron chi connectivity index (χ3n) is 5.02. The molecule has 3 heterocycles. The highest BCUT2D eigenvalue weighted by Crippen LogP contribution is 2.18. The largest absolute Gasteiger partial charge is 0.463 e. The number of hydrogen-bond acceptors (Lipinski definition) is 4. The molecule has 1 N–H and O–H groups in total. The second-order valence-electron chi connectivity index (χ2n) is 7.06. The zero-order valence-electron chi connectivity index (χ0n) is 15.8. The van der Waals surface area contributed by atoms with Gasteiger partial charge in [-0.1, -0.05) is 30.3 Å². The molecule has 0 aliphatic heterocycles. The van der Waals surface area contributed by atoms with Crippen LogP contribution < -0.4 is 10.9 Å². The van der Waals surface area contributed by atoms with Gasteiger partial charge in [-0.3, -0.25) is 14.0 Å². The number of nitrogens with one attached hydrogen (secondary N) is 1. The highest BCUT2D eigenvalue weighted by Gasteiger charge is 2.21. The molecule has 2 unspecified atom stereocenters. The summed E-state index contributed by atoms with van der Waals surface area (Å²) in [6, 6.07) is 12.9. The molecule has 0 radical (unpaired) electrons. The zero-order valence-corrected chi connectivity index (χ0v) is 15.8. The predicted molar refractivity (Wildman–Crippen MR) is 106 cm³/mol. The number of rotatable bonds is 6. The molecule has 28 heavy (non-hydrogen) atoms. The lowest BCUT2D eigenvalue weighted by molar-refractivity contribution is -0.124. The van der Waals surface area contributed by atoms with E-state index in [0.717, 1.165) is 18.4 Å². The summed E-state index contributed by atoms with van der Waals surface area (Å²) >= 11 is 0. The van der Waals surface area contributed by atoms with E-state index >= 15 is 0 Å². The fraction of sp³-hybridized carbons (Fsp3) is 0.286. The normalized spacial score (nSPS) is 13.6. The number of hydrogen-bond donors (Lipinski definition) is 1. The minimum Gasteiger partial charge on any atom is -0.463 e. The van der Waals surface area contributed by atoms with Crippen LogP contribution in [0.5, 0.6) is 0 Å². The van der Waals surface area contributed by atoms with Crippen molar-refractivity contribution in [3.63, 3.8) is 0 Å². The highest BCUT2D eigenvalue weighted by molar-refractivity contribution is 5.82. The first-order valence-corrected chi connectivity index (χ1v) is 9.35. The van der Waals surface area contributed by atoms with Gasteiger partial charge in [-0.2, -0.15) is 5.10 Å². The summed E-state index contributed by atoms with van der Waals surface area (Å²) in [7, 11) is 0. The van der Waals surface area contributed by atoms with E-state index < -0.39 is 6.04 Å². The van der Waals surface area contributed by atoms with Gasteiger partial charge in [0.05, 0.1) is 11.8 Å². The first kappa shape index (κ1) is 18.0. The topological polar surface area (TPSA) is 81.5 Å². The molecular formula is C21H22N4O3. The minimum absolute atomic E-state index is 0.00905. The van der Waals surface area contributed by atoms with Gasteiger partial charge in [0.2, 0.25) is 5.91 Å². The van der Waals surface area contributed by atoms with Gasteiger partial charge in [-0.15, -0.1) is 0 Å². The van der Waals surface area contributed by atoms with Crippen molar-refractivity contribution in [3.8, 4) is 0 Å². The molecule has 0 saturated carbocycles. The van der Waals surface area contributed by atoms with Gasteiger partial charge in [0, 0.05) is 18.2 Å². The van der Waals surface area contributed by atoms with Crippen molar-refractivity contribution >= 4 is 22.5 Å². The van der Waals surface area contributed by atoms with E-state index in [4.69, 9.17) is 4.42 Å². The molecule has 0 spiro atoms. The van der Waals surface area contributed by atoms with Gasteiger partial charge < -0.3 is 9.73 Å². The quantitative estimate of drug-likeness (QED) is 0.559. The zero-order chi connectivity index (χ0) is 19.7. The van der Waals surface area contributed by atoms with Crippen molar-refractivity contribution in [1.82, 2.24) is 19.5 Å². The minimum atomic E-state index is -0.710. The molecule has 4 rings (SSSR count). The molecule has 0 fully saturated rings. The van der Waals surface area contributed by atoms with Crippen molar-refractivity contribution in [1.29, 1.82) is 0 Å². The molecule has 7 nitrogen and oxygen atoms in total. The number of nitrogens with zero attached hydrogens (tertiary/aromatic N) is 3. The van der Waals surface area contributed by atoms with E-state index in [1.54, 1.807) is 29.7 Å². The Bertz CT molecular complexity index is 1170. The van der Waals surface area contributed by atoms with Gasteiger partial charge >= 0.3 is 0 Å². The summed E-state index contributed by atoms with van der Waals surface area (Å²) < 4.78 is 8.23. The van der Waals surface area contributed by atoms with E-state index in [2.05, 4.69) is 22.5 Å². The summed E-state index contributed by atoms with van der Waals surface area (Å²) in [6.07, 6.45) is 4.80. The van der Waals surface area contributed by atoms with Crippen LogP contribution in [0.3, 0.4) is 0 Å². The number of fused-ring (bicyclic) bond motifs is 3. The third-order valence-corrected chi connectivity index (χ3v) is 5.02. The molecule has 2 atom stereocenters. The molecule has 7 heteroatoms. The Balaban J connectivity index is 1.47. The maximum atomic E-state index is 12.8. The first-order chi connectivity index (χ1) is 13.5. The summed E-state index contributed by atoms with van der Waals surface area (Å²) in [5.41, 5.74) is 2.73. The Hall–Kier alpha value is -3.35. The Morgan fingerprint density at radius 3 is 2.75 bits per heavy atom. The molecule has 0 aliphatic rings. The standard InChI is InChI=1S/C21H22N4O3/c1-14(8-9-16-6-4-3-5-7-16)23-20(26)15(2)25-21(27)18-12-19-17(10-11-28-19)24(18)13-22-25/h3-7,10-15H,8-9H2,1-2H3,(H,23,26). The fourth-order valence-corrected chi connectivity index (χ4v) is 3.36. The fourth-order valence-electron chi connectivity index (χ4n) is 3.36. The Morgan fingerprint density at radius 1 is 1.18 bits per heavy atom. The van der Waals surface area contributed by atoms with Crippen LogP contribution in [0, 0.1) is 0 Å². The maximum absolute atomic E-state index is 12.8. The van der Waals surface area contributed by atoms with E-state index in [0.29, 0.717) is 11.1 Å². The van der Waals surface area contributed by atoms with Gasteiger partial charge in [0.1, 0.15) is 17.9 Å². The van der Waals surface area contributed by atoms with Crippen molar-refractivity contribution in [2.75, 3.05) is 0 Å². The van der Waals surface area contributed by atoms with Gasteiger partial charge in [0.15, 0.2) is 5.58 Å². The summed E-state index contributed by atoms with van der Waals surface area (Å²) in [5, 5.41) is 7.18. The molecule has 144 valence electrons. The van der Waals surface area contributed by atoms with Crippen molar-refractivity contribution < 1.29 is 9.21 Å². The second-order valence-corrected chi connectivity index (χ2v) is 7.06. The molecule has 4 aromatic rings. The molecule has 1 aromatic carbocycles. The summed E-state index contributed by atoms with van der Waals surface area (Å²) in [5.74, 6) is -0.227. The molecule has 0 aliphatic carbocycles. The van der Waals surface area contributed by atoms with Gasteiger partial charge in [0.25, 0.3) is 5.56 Å². The number of aryl methyl sites for hydroxylation is 1. The van der Waals surface area contributed by atoms with E-state index in [1.807, 2.05) is 25.1 Å². The van der Waals surface area contributed by atoms with Crippen LogP contribution in [0.25, 0.3) is 16.6 Å². The monoisotopic (exact) mass is 378 g/mol. The van der Waals surface area contributed by atoms with Crippen LogP contribution in [0.1, 0.15) is 31.9 Å². The van der Waals surface area contributed by atoms with Crippen molar-refractivity contribution in [3.05, 3.63) is 71.0 Å². The number of aromatic nitrogens is 3. The average molecular weight is 378 g/mol. The Labute approximate surface area is 161 Å². The summed E-state index contributed by atoms with van der Waals surface area (Å²) in [4.78, 5) is 25.4. The van der Waals surface area contributed by atoms with Crippen LogP contribution in [0.4, 0.5) is 0 Å². The molecular weight excluding hydrogens is 356 g/mol. The summed E-state index contributed by atoms with van der Waals surface area (Å²) in [6.45, 7) is 3.64. The lowest BCUT2D eigenvalue weighted by Gasteiger charge is -2.18. The third kappa shape index (κ3) is 3.31. The molecule has 0 bridgehead atoms. The van der Waals surface area contributed by atoms with Crippen LogP contribution in [-0.2, 0) is 11.2 Å². The van der Waals surface area contributed by atoms with Gasteiger partial charge in [-0.05, 0) is 32.3 Å². The molecule has 0 saturated heterocycles. The first-order valence-electron chi connectivity index (χ1n) is 9.35. The Morgan fingerprint density at radius 2 is 1.96 bits per heavy atom. The van der Waals surface area contributed by atoms with E-state index in [1.165, 1.54) is 16.6 Å². The van der Waals surface area contributed by atoms with Gasteiger partial charge in [-0.25, -0.2) is 4.68 Å². The van der Waals surface area contributed by atoms with Crippen LogP contribution in [-0.4, -0.2) is 26.1 Å². The smallest absolute Gasteiger partial charge is 0.291 e. The van der Waals surface area contributed by atoms with Crippen molar-refractivity contribution in [2.45, 2.75) is 38.8 Å². The molecule has 3 aromatic heterocycles. The average Bonchev–Trinajstić information content (AvgIpc) is 3.29. The number of benzene rings is 1. The SMILES string of the molecule is CC(CCc1ccccc1)NC(=O)C(C)n1ncn2c(cc3occc32)c1=O. The number of carbonyl (C=O) groups is 1. The van der Waals surface area contributed by atoms with E-state index in [-0.39, 0.29) is 17.5 Å². The molecule has 1 amide bonds. The second kappa shape index (κ2) is 7.34. The van der Waals surface area contributed by atoms with Crippen LogP contribution in [0.2, 0.25) is 0 Å². The predicted octanol–water partition coefficient (Wildman–Crippen LogP) is 2.94. The number of amides is 1. The lowest BCUT2D eigenvalue weighted by Crippen LogP contribution is -2.41. The van der Waals surface area contributed by atoms with Crippen molar-refractivity contribution in [2.24, 2.45) is 0 Å². The Kier molecular flexibility index (Phi) is 4.73. The number of furan rings is 1. The highest BCUT2D eigenvalue weighted by atomic mass is 16.3. The van der Waals surface area contributed by atoms with Crippen LogP contribution in [0.15, 0.2) is 64.3 Å². The number of carbonyl (C=O) groups excluding carboxylic acids is 1. The van der Waals surface area contributed by atoms with E-state index in [9.17, 15) is 9.59 Å². The maximum Gasteiger partial charge on any atom is 0.291 e. The van der Waals surface area contributed by atoms with Crippen LogP contribution >= 0.6 is 0 Å².